The predicted octanol–water partition coefficient (Wildman–Crippen LogP) is 1.73. The number of carbonyl (C=O) groups is 1. The van der Waals surface area contributed by atoms with Crippen LogP contribution in [0.25, 0.3) is 0 Å². The average molecular weight is 339 g/mol. The zero-order valence-electron chi connectivity index (χ0n) is 11.1. The molecule has 4 nitrogen and oxygen atoms in total. The molecule has 1 fully saturated rings. The molecule has 2 rings (SSSR count). The van der Waals surface area contributed by atoms with Gasteiger partial charge < -0.3 is 15.7 Å². The van der Waals surface area contributed by atoms with E-state index in [-0.39, 0.29) is 24.2 Å². The number of rotatable bonds is 5. The van der Waals surface area contributed by atoms with Crippen LogP contribution in [0.3, 0.4) is 0 Å². The topological polar surface area (TPSA) is 61.4 Å². The molecule has 8 heteroatoms. The van der Waals surface area contributed by atoms with Crippen LogP contribution < -0.4 is 10.6 Å². The molecule has 1 heterocycles. The normalized spacial score (nSPS) is 21.1. The average Bonchev–Trinajstić information content (AvgIpc) is 2.82. The van der Waals surface area contributed by atoms with E-state index in [1.54, 1.807) is 0 Å². The summed E-state index contributed by atoms with van der Waals surface area (Å²) in [5.74, 6) is -2.73. The summed E-state index contributed by atoms with van der Waals surface area (Å²) in [5, 5.41) is 15.4. The number of amides is 1. The fourth-order valence-electron chi connectivity index (χ4n) is 2.04. The van der Waals surface area contributed by atoms with Gasteiger partial charge >= 0.3 is 0 Å². The first-order valence-electron chi connectivity index (χ1n) is 6.28. The van der Waals surface area contributed by atoms with Crippen molar-refractivity contribution in [1.29, 1.82) is 0 Å². The van der Waals surface area contributed by atoms with Crippen molar-refractivity contribution in [3.05, 3.63) is 29.8 Å². The third kappa shape index (κ3) is 5.43. The lowest BCUT2D eigenvalue weighted by molar-refractivity contribution is 0.0927. The van der Waals surface area contributed by atoms with E-state index in [0.717, 1.165) is 0 Å². The summed E-state index contributed by atoms with van der Waals surface area (Å²) in [6.07, 6.45) is -0.444. The van der Waals surface area contributed by atoms with Gasteiger partial charge in [0.1, 0.15) is 0 Å². The van der Waals surface area contributed by atoms with E-state index < -0.39 is 11.9 Å². The monoisotopic (exact) mass is 338 g/mol. The predicted molar refractivity (Wildman–Crippen MR) is 80.3 cm³/mol. The second-order valence-corrected chi connectivity index (χ2v) is 5.66. The molecule has 0 bridgehead atoms. The number of carbonyl (C=O) groups excluding carboxylic acids is 1. The molecular weight excluding hydrogens is 322 g/mol. The largest absolute Gasteiger partial charge is 0.391 e. The van der Waals surface area contributed by atoms with Crippen LogP contribution in [0.15, 0.2) is 29.2 Å². The van der Waals surface area contributed by atoms with E-state index in [1.807, 2.05) is 0 Å². The fourth-order valence-corrected chi connectivity index (χ4v) is 2.54. The van der Waals surface area contributed by atoms with Gasteiger partial charge in [-0.3, -0.25) is 4.79 Å². The SMILES string of the molecule is Cl.O=C(NCC1CNCC1O)c1ccc(SC(F)F)cc1. The van der Waals surface area contributed by atoms with Crippen LogP contribution >= 0.6 is 24.2 Å². The quantitative estimate of drug-likeness (QED) is 0.716. The van der Waals surface area contributed by atoms with Crippen molar-refractivity contribution in [2.75, 3.05) is 19.6 Å². The zero-order chi connectivity index (χ0) is 14.5. The van der Waals surface area contributed by atoms with Gasteiger partial charge in [0.25, 0.3) is 11.7 Å². The lowest BCUT2D eigenvalue weighted by atomic mass is 10.1. The van der Waals surface area contributed by atoms with Crippen LogP contribution in [0, 0.1) is 5.92 Å². The molecule has 1 aromatic rings. The summed E-state index contributed by atoms with van der Waals surface area (Å²) in [7, 11) is 0. The van der Waals surface area contributed by atoms with Gasteiger partial charge in [-0.2, -0.15) is 8.78 Å². The third-order valence-corrected chi connectivity index (χ3v) is 3.89. The molecule has 21 heavy (non-hydrogen) atoms. The summed E-state index contributed by atoms with van der Waals surface area (Å²) in [4.78, 5) is 12.3. The molecule has 3 N–H and O–H groups in total. The highest BCUT2D eigenvalue weighted by molar-refractivity contribution is 7.99. The first kappa shape index (κ1) is 18.2. The Morgan fingerprint density at radius 2 is 2.05 bits per heavy atom. The number of aliphatic hydroxyl groups excluding tert-OH is 1. The van der Waals surface area contributed by atoms with Gasteiger partial charge in [-0.25, -0.2) is 0 Å². The van der Waals surface area contributed by atoms with Crippen LogP contribution in [-0.4, -0.2) is 42.5 Å². The van der Waals surface area contributed by atoms with E-state index in [4.69, 9.17) is 0 Å². The van der Waals surface area contributed by atoms with Crippen molar-refractivity contribution < 1.29 is 18.7 Å². The second kappa shape index (κ2) is 8.53. The molecule has 1 aliphatic heterocycles. The van der Waals surface area contributed by atoms with Gasteiger partial charge in [0.15, 0.2) is 0 Å². The number of thioether (sulfide) groups is 1. The second-order valence-electron chi connectivity index (χ2n) is 4.60. The Balaban J connectivity index is 0.00000220. The Kier molecular flexibility index (Phi) is 7.37. The fraction of sp³-hybridized carbons (Fsp3) is 0.462. The molecule has 0 spiro atoms. The molecule has 1 aromatic carbocycles. The van der Waals surface area contributed by atoms with Gasteiger partial charge in [-0.15, -0.1) is 12.4 Å². The smallest absolute Gasteiger partial charge is 0.288 e. The lowest BCUT2D eigenvalue weighted by Crippen LogP contribution is -2.34. The molecule has 1 saturated heterocycles. The minimum atomic E-state index is -2.47. The van der Waals surface area contributed by atoms with Gasteiger partial charge in [-0.05, 0) is 24.3 Å². The number of hydrogen-bond acceptors (Lipinski definition) is 4. The maximum Gasteiger partial charge on any atom is 0.288 e. The number of aliphatic hydroxyl groups is 1. The number of halogens is 3. The highest BCUT2D eigenvalue weighted by Gasteiger charge is 2.25. The van der Waals surface area contributed by atoms with Crippen molar-refractivity contribution in [1.82, 2.24) is 10.6 Å². The molecule has 118 valence electrons. The van der Waals surface area contributed by atoms with Gasteiger partial charge in [0.05, 0.1) is 6.10 Å². The van der Waals surface area contributed by atoms with Gasteiger partial charge in [-0.1, -0.05) is 11.8 Å². The Morgan fingerprint density at radius 3 is 2.57 bits per heavy atom. The standard InChI is InChI=1S/C13H16F2N2O2S.ClH/c14-13(15)20-10-3-1-8(2-4-10)12(19)17-6-9-5-16-7-11(9)18;/h1-4,9,11,13,16,18H,5-7H2,(H,17,19);1H. The molecular formula is C13H17ClF2N2O2S. The van der Waals surface area contributed by atoms with E-state index in [2.05, 4.69) is 10.6 Å². The van der Waals surface area contributed by atoms with Crippen LogP contribution in [-0.2, 0) is 0 Å². The van der Waals surface area contributed by atoms with Crippen molar-refractivity contribution in [3.8, 4) is 0 Å². The van der Waals surface area contributed by atoms with Gasteiger partial charge in [0, 0.05) is 36.0 Å². The molecule has 0 radical (unpaired) electrons. The highest BCUT2D eigenvalue weighted by Crippen LogP contribution is 2.25. The molecule has 2 atom stereocenters. The van der Waals surface area contributed by atoms with Crippen molar-refractivity contribution in [3.63, 3.8) is 0 Å². The summed E-state index contributed by atoms with van der Waals surface area (Å²) < 4.78 is 24.3. The maximum atomic E-state index is 12.2. The van der Waals surface area contributed by atoms with Crippen LogP contribution in [0.5, 0.6) is 0 Å². The van der Waals surface area contributed by atoms with Crippen LogP contribution in [0.1, 0.15) is 10.4 Å². The number of nitrogens with one attached hydrogen (secondary N) is 2. The molecule has 0 aromatic heterocycles. The third-order valence-electron chi connectivity index (χ3n) is 3.17. The summed E-state index contributed by atoms with van der Waals surface area (Å²) in [6.45, 7) is 1.60. The summed E-state index contributed by atoms with van der Waals surface area (Å²) in [5.41, 5.74) is 0.420. The van der Waals surface area contributed by atoms with Gasteiger partial charge in [0.2, 0.25) is 0 Å². The van der Waals surface area contributed by atoms with E-state index in [0.29, 0.717) is 41.9 Å². The van der Waals surface area contributed by atoms with Crippen molar-refractivity contribution in [2.45, 2.75) is 16.8 Å². The summed E-state index contributed by atoms with van der Waals surface area (Å²) in [6, 6.07) is 6.03. The van der Waals surface area contributed by atoms with E-state index in [1.165, 1.54) is 24.3 Å². The summed E-state index contributed by atoms with van der Waals surface area (Å²) >= 11 is 0.447. The lowest BCUT2D eigenvalue weighted by Gasteiger charge is -2.14. The number of β-amino-alcohol motifs (C(OH)–C–C–N with tert-alkyl or cyclic N) is 1. The minimum Gasteiger partial charge on any atom is -0.391 e. The maximum absolute atomic E-state index is 12.2. The number of benzene rings is 1. The Morgan fingerprint density at radius 1 is 1.38 bits per heavy atom. The number of alkyl halides is 2. The Hall–Kier alpha value is -0.890. The molecule has 1 aliphatic rings. The number of hydrogen-bond donors (Lipinski definition) is 3. The van der Waals surface area contributed by atoms with Crippen LogP contribution in [0.2, 0.25) is 0 Å². The minimum absolute atomic E-state index is 0. The molecule has 0 aliphatic carbocycles. The van der Waals surface area contributed by atoms with E-state index in [9.17, 15) is 18.7 Å². The Bertz CT molecular complexity index is 462. The molecule has 1 amide bonds. The molecule has 2 unspecified atom stereocenters. The van der Waals surface area contributed by atoms with Crippen molar-refractivity contribution in [2.24, 2.45) is 5.92 Å². The first-order chi connectivity index (χ1) is 9.56. The van der Waals surface area contributed by atoms with E-state index >= 15 is 0 Å². The zero-order valence-corrected chi connectivity index (χ0v) is 12.7. The Labute approximate surface area is 132 Å². The first-order valence-corrected chi connectivity index (χ1v) is 7.16. The highest BCUT2D eigenvalue weighted by atomic mass is 35.5. The van der Waals surface area contributed by atoms with Crippen LogP contribution in [0.4, 0.5) is 8.78 Å². The molecule has 0 saturated carbocycles. The van der Waals surface area contributed by atoms with Crippen molar-refractivity contribution >= 4 is 30.1 Å².